The van der Waals surface area contributed by atoms with Crippen molar-refractivity contribution in [3.8, 4) is 28.4 Å². The fourth-order valence-corrected chi connectivity index (χ4v) is 4.85. The van der Waals surface area contributed by atoms with Gasteiger partial charge >= 0.3 is 0 Å². The summed E-state index contributed by atoms with van der Waals surface area (Å²) in [6.45, 7) is 8.21. The maximum Gasteiger partial charge on any atom is 0.197 e. The number of rotatable bonds is 8. The van der Waals surface area contributed by atoms with Gasteiger partial charge in [-0.1, -0.05) is 13.8 Å². The number of nitrogens with one attached hydrogen (secondary N) is 1. The molecule has 4 aromatic rings. The zero-order chi connectivity index (χ0) is 24.4. The van der Waals surface area contributed by atoms with Crippen LogP contribution in [0, 0.1) is 0 Å². The number of likely N-dealkylation sites (tertiary alicyclic amines) is 1. The van der Waals surface area contributed by atoms with Crippen LogP contribution in [0.5, 0.6) is 5.75 Å². The van der Waals surface area contributed by atoms with Crippen molar-refractivity contribution in [3.05, 3.63) is 42.2 Å². The molecule has 4 aromatic heterocycles. The van der Waals surface area contributed by atoms with Gasteiger partial charge in [-0.05, 0) is 37.9 Å². The van der Waals surface area contributed by atoms with Gasteiger partial charge in [0.1, 0.15) is 17.7 Å². The van der Waals surface area contributed by atoms with Crippen LogP contribution >= 0.6 is 0 Å². The number of aromatic nitrogens is 7. The number of aromatic amines is 1. The third kappa shape index (κ3) is 4.63. The van der Waals surface area contributed by atoms with Gasteiger partial charge in [0.15, 0.2) is 11.4 Å². The van der Waals surface area contributed by atoms with Gasteiger partial charge in [-0.3, -0.25) is 15.1 Å². The van der Waals surface area contributed by atoms with Crippen molar-refractivity contribution in [3.63, 3.8) is 0 Å². The smallest absolute Gasteiger partial charge is 0.197 e. The lowest BCUT2D eigenvalue weighted by molar-refractivity contribution is 0.130. The van der Waals surface area contributed by atoms with Crippen molar-refractivity contribution in [1.82, 2.24) is 39.7 Å². The quantitative estimate of drug-likeness (QED) is 0.412. The average Bonchev–Trinajstić information content (AvgIpc) is 3.55. The Morgan fingerprint density at radius 2 is 1.94 bits per heavy atom. The molecule has 35 heavy (non-hydrogen) atoms. The minimum atomic E-state index is 0.217. The molecule has 1 aliphatic heterocycles. The van der Waals surface area contributed by atoms with Crippen molar-refractivity contribution in [1.29, 1.82) is 0 Å². The van der Waals surface area contributed by atoms with Crippen LogP contribution < -0.4 is 4.74 Å². The number of hydrogen-bond acceptors (Lipinski definition) is 8. The SMILES string of the molecule is COCCN1CCC(c2cnc(-c3n[nH]c(-c4cc(OC)c5ncnn5c4)c3C(C)C)cn2)CC1. The Hall–Kier alpha value is -3.37. The minimum absolute atomic E-state index is 0.217. The van der Waals surface area contributed by atoms with E-state index in [9.17, 15) is 0 Å². The van der Waals surface area contributed by atoms with Gasteiger partial charge in [-0.15, -0.1) is 0 Å². The van der Waals surface area contributed by atoms with E-state index in [1.165, 1.54) is 6.33 Å². The van der Waals surface area contributed by atoms with Gasteiger partial charge in [0, 0.05) is 43.1 Å². The van der Waals surface area contributed by atoms with Gasteiger partial charge < -0.3 is 14.4 Å². The fraction of sp³-hybridized carbons (Fsp3) is 0.480. The summed E-state index contributed by atoms with van der Waals surface area (Å²) in [6.07, 6.45) is 9.42. The van der Waals surface area contributed by atoms with Crippen molar-refractivity contribution in [2.75, 3.05) is 40.5 Å². The van der Waals surface area contributed by atoms with E-state index in [0.29, 0.717) is 17.3 Å². The van der Waals surface area contributed by atoms with Crippen LogP contribution in [-0.2, 0) is 4.74 Å². The zero-order valence-electron chi connectivity index (χ0n) is 20.7. The molecule has 0 amide bonds. The normalized spacial score (nSPS) is 15.3. The number of hydrogen-bond donors (Lipinski definition) is 1. The lowest BCUT2D eigenvalue weighted by atomic mass is 9.93. The van der Waals surface area contributed by atoms with Crippen LogP contribution in [-0.4, -0.2) is 80.1 Å². The van der Waals surface area contributed by atoms with Crippen LogP contribution in [0.1, 0.15) is 49.8 Å². The lowest BCUT2D eigenvalue weighted by Gasteiger charge is -2.31. The molecular weight excluding hydrogens is 444 g/mol. The summed E-state index contributed by atoms with van der Waals surface area (Å²) in [5.74, 6) is 1.31. The van der Waals surface area contributed by atoms with Crippen LogP contribution in [0.2, 0.25) is 0 Å². The third-order valence-corrected chi connectivity index (χ3v) is 6.76. The first kappa shape index (κ1) is 23.4. The summed E-state index contributed by atoms with van der Waals surface area (Å²) in [5.41, 5.74) is 6.25. The molecule has 0 bridgehead atoms. The molecule has 0 aliphatic carbocycles. The Bertz CT molecular complexity index is 1270. The Morgan fingerprint density at radius 3 is 2.63 bits per heavy atom. The van der Waals surface area contributed by atoms with Crippen LogP contribution in [0.15, 0.2) is 31.0 Å². The highest BCUT2D eigenvalue weighted by Crippen LogP contribution is 2.36. The van der Waals surface area contributed by atoms with Crippen LogP contribution in [0.3, 0.4) is 0 Å². The maximum atomic E-state index is 5.55. The number of H-pyrrole nitrogens is 1. The van der Waals surface area contributed by atoms with Crippen molar-refractivity contribution in [2.24, 2.45) is 0 Å². The Labute approximate surface area is 204 Å². The van der Waals surface area contributed by atoms with Crippen molar-refractivity contribution in [2.45, 2.75) is 38.5 Å². The predicted octanol–water partition coefficient (Wildman–Crippen LogP) is 3.53. The Balaban J connectivity index is 1.40. The molecular formula is C25H32N8O2. The van der Waals surface area contributed by atoms with Crippen LogP contribution in [0.4, 0.5) is 0 Å². The molecule has 0 saturated carbocycles. The highest BCUT2D eigenvalue weighted by Gasteiger charge is 2.24. The standard InChI is InChI=1S/C25H32N8O2/c1-16(2)22-23(18-11-21(35-4)25-28-15-29-33(25)14-18)30-31-24(22)20-13-26-19(12-27-20)17-5-7-32(8-6-17)9-10-34-3/h11-17H,5-10H2,1-4H3,(H,30,31). The van der Waals surface area contributed by atoms with E-state index in [-0.39, 0.29) is 5.92 Å². The van der Waals surface area contributed by atoms with E-state index in [1.807, 2.05) is 24.7 Å². The molecule has 184 valence electrons. The summed E-state index contributed by atoms with van der Waals surface area (Å²) in [5, 5.41) is 12.2. The fourth-order valence-electron chi connectivity index (χ4n) is 4.85. The van der Waals surface area contributed by atoms with Crippen molar-refractivity contribution < 1.29 is 9.47 Å². The van der Waals surface area contributed by atoms with Gasteiger partial charge in [-0.2, -0.15) is 10.2 Å². The van der Waals surface area contributed by atoms with E-state index < -0.39 is 0 Å². The number of methoxy groups -OCH3 is 2. The summed E-state index contributed by atoms with van der Waals surface area (Å²) in [6, 6.07) is 1.96. The Morgan fingerprint density at radius 1 is 1.11 bits per heavy atom. The Kier molecular flexibility index (Phi) is 6.74. The zero-order valence-corrected chi connectivity index (χ0v) is 20.7. The van der Waals surface area contributed by atoms with Gasteiger partial charge in [0.25, 0.3) is 0 Å². The molecule has 0 unspecified atom stereocenters. The first-order chi connectivity index (χ1) is 17.1. The molecule has 1 saturated heterocycles. The molecule has 1 aliphatic rings. The summed E-state index contributed by atoms with van der Waals surface area (Å²) >= 11 is 0. The van der Waals surface area contributed by atoms with E-state index >= 15 is 0 Å². The first-order valence-corrected chi connectivity index (χ1v) is 12.1. The number of pyridine rings is 1. The lowest BCUT2D eigenvalue weighted by Crippen LogP contribution is -2.35. The molecule has 10 nitrogen and oxygen atoms in total. The third-order valence-electron chi connectivity index (χ3n) is 6.76. The molecule has 0 radical (unpaired) electrons. The van der Waals surface area contributed by atoms with E-state index in [4.69, 9.17) is 19.4 Å². The minimum Gasteiger partial charge on any atom is -0.493 e. The van der Waals surface area contributed by atoms with Crippen LogP contribution in [0.25, 0.3) is 28.3 Å². The van der Waals surface area contributed by atoms with Gasteiger partial charge in [-0.25, -0.2) is 9.50 Å². The van der Waals surface area contributed by atoms with Gasteiger partial charge in [0.05, 0.1) is 31.3 Å². The summed E-state index contributed by atoms with van der Waals surface area (Å²) < 4.78 is 12.5. The second-order valence-electron chi connectivity index (χ2n) is 9.28. The molecule has 10 heteroatoms. The number of ether oxygens (including phenoxy) is 2. The van der Waals surface area contributed by atoms with Crippen molar-refractivity contribution >= 4 is 5.65 Å². The average molecular weight is 477 g/mol. The second-order valence-corrected chi connectivity index (χ2v) is 9.28. The second kappa shape index (κ2) is 10.1. The highest BCUT2D eigenvalue weighted by molar-refractivity contribution is 5.75. The monoisotopic (exact) mass is 476 g/mol. The van der Waals surface area contributed by atoms with E-state index in [0.717, 1.165) is 73.0 Å². The number of piperidine rings is 1. The number of nitrogens with zero attached hydrogens (tertiary/aromatic N) is 7. The van der Waals surface area contributed by atoms with Gasteiger partial charge in [0.2, 0.25) is 0 Å². The first-order valence-electron chi connectivity index (χ1n) is 12.1. The topological polar surface area (TPSA) is 106 Å². The number of fused-ring (bicyclic) bond motifs is 1. The van der Waals surface area contributed by atoms with E-state index in [1.54, 1.807) is 18.7 Å². The molecule has 0 aromatic carbocycles. The molecule has 5 rings (SSSR count). The molecule has 0 atom stereocenters. The van der Waals surface area contributed by atoms with E-state index in [2.05, 4.69) is 39.0 Å². The summed E-state index contributed by atoms with van der Waals surface area (Å²) in [7, 11) is 3.39. The summed E-state index contributed by atoms with van der Waals surface area (Å²) in [4.78, 5) is 16.3. The highest BCUT2D eigenvalue weighted by atomic mass is 16.5. The molecule has 5 heterocycles. The maximum absolute atomic E-state index is 5.55. The predicted molar refractivity (Wildman–Crippen MR) is 133 cm³/mol. The largest absolute Gasteiger partial charge is 0.493 e. The molecule has 1 N–H and O–H groups in total. The molecule has 1 fully saturated rings. The molecule has 0 spiro atoms.